The zero-order valence-corrected chi connectivity index (χ0v) is 16.6. The number of aromatic nitrogens is 1. The van der Waals surface area contributed by atoms with Crippen molar-refractivity contribution in [1.82, 2.24) is 13.2 Å². The summed E-state index contributed by atoms with van der Waals surface area (Å²) in [5, 5.41) is 0. The Hall–Kier alpha value is -0.850. The van der Waals surface area contributed by atoms with Gasteiger partial charge in [0, 0.05) is 38.1 Å². The largest absolute Gasteiger partial charge is 0.349 e. The van der Waals surface area contributed by atoms with E-state index in [9.17, 15) is 8.42 Å². The number of fused-ring (bicyclic) bond motifs is 1. The zero-order valence-electron chi connectivity index (χ0n) is 15.8. The molecule has 1 aromatic heterocycles. The maximum atomic E-state index is 13.3. The molecule has 0 saturated carbocycles. The summed E-state index contributed by atoms with van der Waals surface area (Å²) in [7, 11) is -3.43. The molecule has 2 heterocycles. The van der Waals surface area contributed by atoms with E-state index in [1.54, 1.807) is 8.61 Å². The predicted molar refractivity (Wildman–Crippen MR) is 99.0 cm³/mol. The van der Waals surface area contributed by atoms with Crippen molar-refractivity contribution in [3.05, 3.63) is 24.0 Å². The molecule has 0 N–H and O–H groups in total. The van der Waals surface area contributed by atoms with Crippen molar-refractivity contribution >= 4 is 10.2 Å². The van der Waals surface area contributed by atoms with Crippen LogP contribution in [0.25, 0.3) is 0 Å². The van der Waals surface area contributed by atoms with E-state index in [-0.39, 0.29) is 6.04 Å². The molecular weight excluding hydrogens is 322 g/mol. The van der Waals surface area contributed by atoms with Gasteiger partial charge in [-0.1, -0.05) is 27.7 Å². The second-order valence-electron chi connectivity index (χ2n) is 7.69. The molecule has 0 aromatic carbocycles. The maximum absolute atomic E-state index is 13.3. The molecule has 0 amide bonds. The van der Waals surface area contributed by atoms with Gasteiger partial charge in [-0.2, -0.15) is 17.0 Å². The van der Waals surface area contributed by atoms with Gasteiger partial charge < -0.3 is 4.57 Å². The van der Waals surface area contributed by atoms with Gasteiger partial charge in [-0.15, -0.1) is 0 Å². The first-order chi connectivity index (χ1) is 11.2. The van der Waals surface area contributed by atoms with Crippen LogP contribution in [0.2, 0.25) is 0 Å². The van der Waals surface area contributed by atoms with Crippen LogP contribution in [-0.4, -0.2) is 41.2 Å². The molecule has 0 radical (unpaired) electrons. The Morgan fingerprint density at radius 1 is 1.12 bits per heavy atom. The molecule has 0 aliphatic carbocycles. The molecule has 0 spiro atoms. The average Bonchev–Trinajstić information content (AvgIpc) is 2.95. The summed E-state index contributed by atoms with van der Waals surface area (Å²) in [4.78, 5) is 0. The van der Waals surface area contributed by atoms with Crippen LogP contribution in [0.1, 0.15) is 59.2 Å². The first-order valence-corrected chi connectivity index (χ1v) is 10.5. The minimum atomic E-state index is -3.43. The topological polar surface area (TPSA) is 45.6 Å². The highest BCUT2D eigenvalue weighted by molar-refractivity contribution is 7.86. The molecule has 1 unspecified atom stereocenters. The highest BCUT2D eigenvalue weighted by Crippen LogP contribution is 2.29. The molecule has 0 bridgehead atoms. The molecule has 0 fully saturated rings. The van der Waals surface area contributed by atoms with E-state index >= 15 is 0 Å². The average molecular weight is 356 g/mol. The Bertz CT molecular complexity index is 610. The number of hydrogen-bond acceptors (Lipinski definition) is 2. The number of hydrogen-bond donors (Lipinski definition) is 0. The van der Waals surface area contributed by atoms with E-state index in [1.165, 1.54) is 0 Å². The van der Waals surface area contributed by atoms with Gasteiger partial charge in [0.1, 0.15) is 0 Å². The SMILES string of the molecule is CC(C)CCN(CCC(C)C)S(=O)(=O)N1CCn2cccc2C1C. The monoisotopic (exact) mass is 355 g/mol. The van der Waals surface area contributed by atoms with E-state index < -0.39 is 10.2 Å². The van der Waals surface area contributed by atoms with Crippen molar-refractivity contribution < 1.29 is 8.42 Å². The van der Waals surface area contributed by atoms with Crippen LogP contribution in [0.3, 0.4) is 0 Å². The summed E-state index contributed by atoms with van der Waals surface area (Å²) in [5.41, 5.74) is 1.08. The second-order valence-corrected chi connectivity index (χ2v) is 9.57. The minimum absolute atomic E-state index is 0.112. The van der Waals surface area contributed by atoms with E-state index in [2.05, 4.69) is 32.3 Å². The van der Waals surface area contributed by atoms with E-state index in [0.29, 0.717) is 31.5 Å². The lowest BCUT2D eigenvalue weighted by Crippen LogP contribution is -2.49. The fraction of sp³-hybridized carbons (Fsp3) is 0.778. The summed E-state index contributed by atoms with van der Waals surface area (Å²) in [6.07, 6.45) is 3.83. The second kappa shape index (κ2) is 8.02. The van der Waals surface area contributed by atoms with Crippen molar-refractivity contribution in [3.63, 3.8) is 0 Å². The molecule has 138 valence electrons. The van der Waals surface area contributed by atoms with Gasteiger partial charge in [0.05, 0.1) is 6.04 Å². The van der Waals surface area contributed by atoms with E-state index in [0.717, 1.165) is 25.1 Å². The molecule has 1 aliphatic heterocycles. The Morgan fingerprint density at radius 3 is 2.25 bits per heavy atom. The Kier molecular flexibility index (Phi) is 6.51. The molecule has 0 saturated heterocycles. The van der Waals surface area contributed by atoms with Gasteiger partial charge in [-0.3, -0.25) is 0 Å². The first kappa shape index (κ1) is 19.5. The van der Waals surface area contributed by atoms with Crippen LogP contribution < -0.4 is 0 Å². The molecule has 1 aliphatic rings. The van der Waals surface area contributed by atoms with Crippen LogP contribution in [-0.2, 0) is 16.8 Å². The predicted octanol–water partition coefficient (Wildman–Crippen LogP) is 3.50. The lowest BCUT2D eigenvalue weighted by Gasteiger charge is -2.37. The van der Waals surface area contributed by atoms with Crippen molar-refractivity contribution in [2.75, 3.05) is 19.6 Å². The van der Waals surface area contributed by atoms with Crippen LogP contribution >= 0.6 is 0 Å². The number of rotatable bonds is 8. The molecule has 5 nitrogen and oxygen atoms in total. The number of nitrogens with zero attached hydrogens (tertiary/aromatic N) is 3. The fourth-order valence-electron chi connectivity index (χ4n) is 3.17. The van der Waals surface area contributed by atoms with E-state index in [4.69, 9.17) is 0 Å². The minimum Gasteiger partial charge on any atom is -0.349 e. The van der Waals surface area contributed by atoms with Gasteiger partial charge in [0.2, 0.25) is 0 Å². The smallest absolute Gasteiger partial charge is 0.282 e. The first-order valence-electron chi connectivity index (χ1n) is 9.15. The quantitative estimate of drug-likeness (QED) is 0.716. The van der Waals surface area contributed by atoms with Crippen molar-refractivity contribution in [1.29, 1.82) is 0 Å². The van der Waals surface area contributed by atoms with Gasteiger partial charge in [-0.25, -0.2) is 0 Å². The van der Waals surface area contributed by atoms with Crippen LogP contribution in [0.15, 0.2) is 18.3 Å². The van der Waals surface area contributed by atoms with Crippen LogP contribution in [0.4, 0.5) is 0 Å². The summed E-state index contributed by atoms with van der Waals surface area (Å²) < 4.78 is 32.1. The Balaban J connectivity index is 2.19. The van der Waals surface area contributed by atoms with Crippen molar-refractivity contribution in [3.8, 4) is 0 Å². The Labute approximate surface area is 147 Å². The zero-order chi connectivity index (χ0) is 17.9. The lowest BCUT2D eigenvalue weighted by atomic mass is 10.1. The molecule has 1 atom stereocenters. The van der Waals surface area contributed by atoms with Crippen LogP contribution in [0.5, 0.6) is 0 Å². The molecule has 6 heteroatoms. The summed E-state index contributed by atoms with van der Waals surface area (Å²) in [6, 6.07) is 3.91. The third kappa shape index (κ3) is 4.41. The normalized spacial score (nSPS) is 19.4. The van der Waals surface area contributed by atoms with Gasteiger partial charge in [-0.05, 0) is 43.7 Å². The van der Waals surface area contributed by atoms with Gasteiger partial charge in [0.15, 0.2) is 0 Å². The fourth-order valence-corrected chi connectivity index (χ4v) is 4.96. The molecule has 24 heavy (non-hydrogen) atoms. The van der Waals surface area contributed by atoms with Crippen LogP contribution in [0, 0.1) is 11.8 Å². The van der Waals surface area contributed by atoms with Crippen molar-refractivity contribution in [2.45, 2.75) is 60.0 Å². The highest BCUT2D eigenvalue weighted by Gasteiger charge is 2.36. The van der Waals surface area contributed by atoms with Gasteiger partial charge >= 0.3 is 0 Å². The van der Waals surface area contributed by atoms with Crippen molar-refractivity contribution in [2.24, 2.45) is 11.8 Å². The maximum Gasteiger partial charge on any atom is 0.282 e. The summed E-state index contributed by atoms with van der Waals surface area (Å²) in [6.45, 7) is 13.1. The Morgan fingerprint density at radius 2 is 1.71 bits per heavy atom. The third-order valence-corrected chi connectivity index (χ3v) is 6.93. The third-order valence-electron chi connectivity index (χ3n) is 4.82. The summed E-state index contributed by atoms with van der Waals surface area (Å²) >= 11 is 0. The molecular formula is C18H33N3O2S. The molecule has 2 rings (SSSR count). The van der Waals surface area contributed by atoms with Gasteiger partial charge in [0.25, 0.3) is 10.2 Å². The van der Waals surface area contributed by atoms with E-state index in [1.807, 2.05) is 25.3 Å². The standard InChI is InChI=1S/C18H33N3O2S/c1-15(2)8-11-20(12-9-16(3)4)24(22,23)21-14-13-19-10-6-7-18(19)17(21)5/h6-7,10,15-17H,8-9,11-14H2,1-5H3. The summed E-state index contributed by atoms with van der Waals surface area (Å²) in [5.74, 6) is 0.996. The lowest BCUT2D eigenvalue weighted by molar-refractivity contribution is 0.248. The molecule has 1 aromatic rings. The highest BCUT2D eigenvalue weighted by atomic mass is 32.2.